The maximum absolute atomic E-state index is 12.7. The van der Waals surface area contributed by atoms with Crippen LogP contribution in [0.4, 0.5) is 0 Å². The summed E-state index contributed by atoms with van der Waals surface area (Å²) < 4.78 is 20.8. The maximum Gasteiger partial charge on any atom is 0.344 e. The highest BCUT2D eigenvalue weighted by atomic mass is 16.6. The van der Waals surface area contributed by atoms with Crippen molar-refractivity contribution < 1.29 is 33.3 Å². The Morgan fingerprint density at radius 2 is 1.83 bits per heavy atom. The van der Waals surface area contributed by atoms with Crippen LogP contribution in [-0.4, -0.2) is 38.0 Å². The van der Waals surface area contributed by atoms with Crippen LogP contribution in [0.2, 0.25) is 0 Å². The maximum atomic E-state index is 12.7. The van der Waals surface area contributed by atoms with Gasteiger partial charge in [0.15, 0.2) is 12.4 Å². The number of ether oxygens (including phenoxy) is 4. The van der Waals surface area contributed by atoms with Crippen molar-refractivity contribution >= 4 is 23.8 Å². The van der Waals surface area contributed by atoms with E-state index in [4.69, 9.17) is 14.2 Å². The van der Waals surface area contributed by atoms with Gasteiger partial charge in [-0.25, -0.2) is 9.59 Å². The quantitative estimate of drug-likeness (QED) is 0.547. The number of carbonyl (C=O) groups is 3. The van der Waals surface area contributed by atoms with E-state index in [0.717, 1.165) is 0 Å². The van der Waals surface area contributed by atoms with Crippen molar-refractivity contribution in [1.82, 2.24) is 0 Å². The summed E-state index contributed by atoms with van der Waals surface area (Å²) in [5.41, 5.74) is 2.15. The smallest absolute Gasteiger partial charge is 0.344 e. The average molecular weight is 396 g/mol. The lowest BCUT2D eigenvalue weighted by Crippen LogP contribution is -2.15. The van der Waals surface area contributed by atoms with Gasteiger partial charge in [0.25, 0.3) is 0 Å². The molecular weight excluding hydrogens is 376 g/mol. The summed E-state index contributed by atoms with van der Waals surface area (Å²) in [7, 11) is 1.31. The van der Waals surface area contributed by atoms with Crippen molar-refractivity contribution in [3.63, 3.8) is 0 Å². The van der Waals surface area contributed by atoms with Crippen LogP contribution < -0.4 is 9.47 Å². The predicted octanol–water partition coefficient (Wildman–Crippen LogP) is 3.34. The van der Waals surface area contributed by atoms with Crippen molar-refractivity contribution in [2.45, 2.75) is 13.8 Å². The number of Topliss-reactive ketones (excluding diaryl/α,β-unsaturated/α-hetero) is 1. The summed E-state index contributed by atoms with van der Waals surface area (Å²) in [6.07, 6.45) is 1.60. The van der Waals surface area contributed by atoms with E-state index in [9.17, 15) is 14.4 Å². The Hall–Kier alpha value is -3.61. The van der Waals surface area contributed by atoms with E-state index >= 15 is 0 Å². The minimum atomic E-state index is -0.472. The van der Waals surface area contributed by atoms with E-state index in [1.807, 2.05) is 0 Å². The molecule has 0 spiro atoms. The third kappa shape index (κ3) is 4.29. The fourth-order valence-corrected chi connectivity index (χ4v) is 2.85. The van der Waals surface area contributed by atoms with Gasteiger partial charge in [0.05, 0.1) is 24.8 Å². The van der Waals surface area contributed by atoms with Gasteiger partial charge in [0, 0.05) is 5.56 Å². The minimum Gasteiger partial charge on any atom is -0.481 e. The van der Waals surface area contributed by atoms with Gasteiger partial charge < -0.3 is 18.9 Å². The molecule has 1 heterocycles. The molecular formula is C22H20O7. The van der Waals surface area contributed by atoms with E-state index in [2.05, 4.69) is 4.74 Å². The molecule has 0 N–H and O–H groups in total. The number of fused-ring (bicyclic) bond motifs is 1. The topological polar surface area (TPSA) is 88.1 Å². The van der Waals surface area contributed by atoms with Crippen LogP contribution in [0.15, 0.2) is 42.2 Å². The summed E-state index contributed by atoms with van der Waals surface area (Å²) >= 11 is 0. The first-order chi connectivity index (χ1) is 13.9. The largest absolute Gasteiger partial charge is 0.481 e. The summed E-state index contributed by atoms with van der Waals surface area (Å²) in [5.74, 6) is -0.160. The monoisotopic (exact) mass is 396 g/mol. The van der Waals surface area contributed by atoms with Crippen LogP contribution in [0.5, 0.6) is 11.5 Å². The lowest BCUT2D eigenvalue weighted by atomic mass is 10.1. The van der Waals surface area contributed by atoms with Crippen LogP contribution in [-0.2, 0) is 14.3 Å². The molecule has 2 aromatic rings. The van der Waals surface area contributed by atoms with E-state index in [1.165, 1.54) is 7.11 Å². The first-order valence-electron chi connectivity index (χ1n) is 8.99. The van der Waals surface area contributed by atoms with E-state index in [1.54, 1.807) is 56.3 Å². The molecule has 0 bridgehead atoms. The van der Waals surface area contributed by atoms with Crippen LogP contribution in [0, 0.1) is 6.92 Å². The molecule has 7 nitrogen and oxygen atoms in total. The minimum absolute atomic E-state index is 0.163. The van der Waals surface area contributed by atoms with Gasteiger partial charge in [0.2, 0.25) is 5.78 Å². The molecule has 0 saturated heterocycles. The molecule has 0 aliphatic carbocycles. The number of rotatable bonds is 6. The molecule has 2 aromatic carbocycles. The molecule has 0 saturated carbocycles. The normalized spacial score (nSPS) is 13.6. The van der Waals surface area contributed by atoms with Crippen LogP contribution in [0.25, 0.3) is 6.08 Å². The molecule has 0 amide bonds. The second-order valence-electron chi connectivity index (χ2n) is 6.21. The molecule has 0 radical (unpaired) electrons. The van der Waals surface area contributed by atoms with Crippen molar-refractivity contribution in [2.75, 3.05) is 20.3 Å². The molecule has 3 rings (SSSR count). The number of benzene rings is 2. The summed E-state index contributed by atoms with van der Waals surface area (Å²) in [5, 5.41) is 0. The molecule has 1 aliphatic heterocycles. The highest BCUT2D eigenvalue weighted by Crippen LogP contribution is 2.39. The number of ketones is 1. The number of carbonyl (C=O) groups excluding carboxylic acids is 3. The Labute approximate surface area is 167 Å². The number of hydrogen-bond donors (Lipinski definition) is 0. The van der Waals surface area contributed by atoms with Gasteiger partial charge >= 0.3 is 11.9 Å². The van der Waals surface area contributed by atoms with Crippen molar-refractivity contribution in [3.8, 4) is 11.5 Å². The van der Waals surface area contributed by atoms with Crippen molar-refractivity contribution in [3.05, 3.63) is 64.4 Å². The Bertz CT molecular complexity index is 987. The van der Waals surface area contributed by atoms with E-state index in [-0.39, 0.29) is 24.8 Å². The Morgan fingerprint density at radius 1 is 1.10 bits per heavy atom. The Morgan fingerprint density at radius 3 is 2.48 bits per heavy atom. The lowest BCUT2D eigenvalue weighted by molar-refractivity contribution is -0.145. The molecule has 150 valence electrons. The zero-order chi connectivity index (χ0) is 21.0. The third-order valence-electron chi connectivity index (χ3n) is 4.32. The zero-order valence-corrected chi connectivity index (χ0v) is 16.3. The summed E-state index contributed by atoms with van der Waals surface area (Å²) in [6.45, 7) is 3.52. The molecule has 0 unspecified atom stereocenters. The number of allylic oxidation sites excluding steroid dienone is 1. The number of hydrogen-bond acceptors (Lipinski definition) is 7. The SMILES string of the molecule is CCOC(=O)COc1ccc2c(c1C)O/C(=C\c1ccc(C(=O)OC)cc1)C2=O. The van der Waals surface area contributed by atoms with Crippen LogP contribution >= 0.6 is 0 Å². The summed E-state index contributed by atoms with van der Waals surface area (Å²) in [4.78, 5) is 35.7. The molecule has 1 aliphatic rings. The molecule has 0 fully saturated rings. The first-order valence-corrected chi connectivity index (χ1v) is 8.99. The van der Waals surface area contributed by atoms with E-state index in [0.29, 0.717) is 33.8 Å². The lowest BCUT2D eigenvalue weighted by Gasteiger charge is -2.10. The fraction of sp³-hybridized carbons (Fsp3) is 0.227. The van der Waals surface area contributed by atoms with Gasteiger partial charge in [-0.2, -0.15) is 0 Å². The van der Waals surface area contributed by atoms with Gasteiger partial charge in [-0.15, -0.1) is 0 Å². The molecule has 0 aromatic heterocycles. The third-order valence-corrected chi connectivity index (χ3v) is 4.32. The van der Waals surface area contributed by atoms with Gasteiger partial charge in [-0.05, 0) is 49.8 Å². The van der Waals surface area contributed by atoms with E-state index < -0.39 is 11.9 Å². The van der Waals surface area contributed by atoms with Crippen LogP contribution in [0.3, 0.4) is 0 Å². The molecule has 29 heavy (non-hydrogen) atoms. The number of esters is 2. The predicted molar refractivity (Wildman–Crippen MR) is 104 cm³/mol. The summed E-state index contributed by atoms with van der Waals surface area (Å²) in [6, 6.07) is 9.84. The Kier molecular flexibility index (Phi) is 5.97. The molecule has 0 atom stereocenters. The standard InChI is InChI=1S/C22H20O7/c1-4-27-19(23)12-28-17-10-9-16-20(24)18(29-21(16)13(17)2)11-14-5-7-15(8-6-14)22(25)26-3/h5-11H,4,12H2,1-3H3/b18-11-. The average Bonchev–Trinajstić information content (AvgIpc) is 3.04. The second-order valence-corrected chi connectivity index (χ2v) is 6.21. The van der Waals surface area contributed by atoms with Gasteiger partial charge in [0.1, 0.15) is 11.5 Å². The molecule has 7 heteroatoms. The number of methoxy groups -OCH3 is 1. The Balaban J connectivity index is 1.79. The first kappa shape index (κ1) is 20.1. The highest BCUT2D eigenvalue weighted by Gasteiger charge is 2.30. The zero-order valence-electron chi connectivity index (χ0n) is 16.3. The fourth-order valence-electron chi connectivity index (χ4n) is 2.85. The van der Waals surface area contributed by atoms with Gasteiger partial charge in [-0.1, -0.05) is 12.1 Å². The highest BCUT2D eigenvalue weighted by molar-refractivity contribution is 6.15. The van der Waals surface area contributed by atoms with Crippen LogP contribution in [0.1, 0.15) is 38.8 Å². The van der Waals surface area contributed by atoms with Crippen molar-refractivity contribution in [2.24, 2.45) is 0 Å². The van der Waals surface area contributed by atoms with Crippen molar-refractivity contribution in [1.29, 1.82) is 0 Å². The van der Waals surface area contributed by atoms with Gasteiger partial charge in [-0.3, -0.25) is 4.79 Å². The second kappa shape index (κ2) is 8.60.